The Balaban J connectivity index is 0.927. The van der Waals surface area contributed by atoms with E-state index in [9.17, 15) is 5.41 Å². The zero-order chi connectivity index (χ0) is 47.6. The van der Waals surface area contributed by atoms with Crippen molar-refractivity contribution in [2.75, 3.05) is 13.1 Å². The van der Waals surface area contributed by atoms with Gasteiger partial charge in [0.1, 0.15) is 0 Å². The van der Waals surface area contributed by atoms with E-state index < -0.39 is 0 Å². The first-order valence-electron chi connectivity index (χ1n) is 30.5. The molecule has 0 spiro atoms. The summed E-state index contributed by atoms with van der Waals surface area (Å²) in [5, 5.41) is 9.80. The number of allylic oxidation sites excluding steroid dienone is 8. The molecule has 0 radical (unpaired) electrons. The molecule has 5 N–H and O–H groups in total. The van der Waals surface area contributed by atoms with Crippen molar-refractivity contribution in [1.82, 2.24) is 0 Å². The van der Waals surface area contributed by atoms with E-state index in [0.717, 1.165) is 96.7 Å². The van der Waals surface area contributed by atoms with Crippen LogP contribution in [0.5, 0.6) is 0 Å². The molecule has 3 saturated carbocycles. The minimum Gasteiger partial charge on any atom is -0.330 e. The van der Waals surface area contributed by atoms with Crippen LogP contribution in [0.2, 0.25) is 0 Å². The number of rotatable bonds is 21. The van der Waals surface area contributed by atoms with Gasteiger partial charge in [-0.15, -0.1) is 0 Å². The zero-order valence-electron chi connectivity index (χ0n) is 44.9. The molecule has 0 bridgehead atoms. The Hall–Kier alpha value is -1.78. The quantitative estimate of drug-likeness (QED) is 0.0791. The molecule has 68 heavy (non-hydrogen) atoms. The second-order valence-electron chi connectivity index (χ2n) is 25.7. The Morgan fingerprint density at radius 3 is 2.13 bits per heavy atom. The molecule has 7 aliphatic carbocycles. The molecule has 4 heteroatoms. The van der Waals surface area contributed by atoms with Crippen LogP contribution in [0.25, 0.3) is 0 Å². The van der Waals surface area contributed by atoms with Crippen molar-refractivity contribution in [3.8, 4) is 0 Å². The van der Waals surface area contributed by atoms with E-state index in [-0.39, 0.29) is 0 Å². The van der Waals surface area contributed by atoms with Crippen LogP contribution in [0.3, 0.4) is 0 Å². The van der Waals surface area contributed by atoms with E-state index in [1.54, 1.807) is 11.3 Å². The average molecular weight is 932 g/mol. The van der Waals surface area contributed by atoms with E-state index in [0.29, 0.717) is 35.6 Å². The lowest BCUT2D eigenvalue weighted by atomic mass is 9.62. The van der Waals surface area contributed by atoms with Gasteiger partial charge in [0.25, 0.3) is 0 Å². The first-order valence-corrected chi connectivity index (χ1v) is 30.5. The van der Waals surface area contributed by atoms with Crippen molar-refractivity contribution in [3.05, 3.63) is 47.1 Å². The smallest absolute Gasteiger partial charge is 0.0441 e. The Bertz CT molecular complexity index is 1750. The Kier molecular flexibility index (Phi) is 19.9. The first-order chi connectivity index (χ1) is 33.1. The molecule has 0 aromatic rings. The van der Waals surface area contributed by atoms with Gasteiger partial charge >= 0.3 is 0 Å². The number of nitrogens with two attached hydrogens (primary N) is 2. The van der Waals surface area contributed by atoms with Crippen LogP contribution in [0.4, 0.5) is 0 Å². The van der Waals surface area contributed by atoms with E-state index in [1.165, 1.54) is 180 Å². The standard InChI is InChI=1S/C64H106N4/c1-6-9-16-45(8-3)56-37-57(50-21-12-24-53(34-50)62(66)15-7-2)39-58(38-56)51-22-13-25-54(35-51)63(67)31-44(5)47-18-11-20-49(33-47)60-40-59(48-19-10-17-46(32-48)43(4)27-29-65)41-61(42-60)52-23-14-26-55(36-52)64-28-30-68-64/h13,22,33,37,41,43-46,48-56,58,60-62,67H,6-12,14-21,23-32,34-36,38-40,42,65-66H2,1-5H3/t43?,44-,45-,46?,48+,49?,50?,51?,52?,53?,54?,55?,56?,58-,60+,61-,62?/m0/s1. The molecular weight excluding hydrogens is 825 g/mol. The summed E-state index contributed by atoms with van der Waals surface area (Å²) < 4.78 is 0. The normalized spacial score (nSPS) is 37.7. The fourth-order valence-electron chi connectivity index (χ4n) is 16.9. The molecule has 0 amide bonds. The molecule has 4 nitrogen and oxygen atoms in total. The Morgan fingerprint density at radius 1 is 0.691 bits per heavy atom. The topological polar surface area (TPSA) is 88.2 Å². The lowest BCUT2D eigenvalue weighted by molar-refractivity contribution is 0.172. The number of nitrogens with one attached hydrogen (secondary N) is 1. The van der Waals surface area contributed by atoms with Gasteiger partial charge < -0.3 is 16.9 Å². The molecule has 17 atom stereocenters. The van der Waals surface area contributed by atoms with E-state index >= 15 is 0 Å². The lowest BCUT2D eigenvalue weighted by Crippen LogP contribution is -2.35. The summed E-state index contributed by atoms with van der Waals surface area (Å²) in [7, 11) is 0. The third-order valence-electron chi connectivity index (χ3n) is 21.3. The van der Waals surface area contributed by atoms with Gasteiger partial charge in [0.2, 0.25) is 0 Å². The third-order valence-corrected chi connectivity index (χ3v) is 21.3. The molecule has 1 heterocycles. The number of unbranched alkanes of at least 4 members (excludes halogenated alkanes) is 1. The number of nitrogens with zero attached hydrogens (tertiary/aromatic N) is 1. The fourth-order valence-corrected chi connectivity index (χ4v) is 16.9. The number of hydrogen-bond acceptors (Lipinski definition) is 4. The maximum Gasteiger partial charge on any atom is 0.0441 e. The summed E-state index contributed by atoms with van der Waals surface area (Å²) >= 11 is 0. The van der Waals surface area contributed by atoms with E-state index in [4.69, 9.17) is 16.5 Å². The van der Waals surface area contributed by atoms with Crippen molar-refractivity contribution in [2.24, 2.45) is 111 Å². The van der Waals surface area contributed by atoms with E-state index in [2.05, 4.69) is 65.0 Å². The highest BCUT2D eigenvalue weighted by Gasteiger charge is 2.41. The van der Waals surface area contributed by atoms with Gasteiger partial charge in [0.05, 0.1) is 0 Å². The maximum absolute atomic E-state index is 9.80. The predicted molar refractivity (Wildman–Crippen MR) is 293 cm³/mol. The zero-order valence-corrected chi connectivity index (χ0v) is 44.9. The van der Waals surface area contributed by atoms with Crippen molar-refractivity contribution in [3.63, 3.8) is 0 Å². The van der Waals surface area contributed by atoms with Crippen LogP contribution in [-0.2, 0) is 0 Å². The summed E-state index contributed by atoms with van der Waals surface area (Å²) in [6, 6.07) is 0.379. The van der Waals surface area contributed by atoms with Gasteiger partial charge in [0.15, 0.2) is 0 Å². The van der Waals surface area contributed by atoms with Crippen LogP contribution in [-0.4, -0.2) is 30.6 Å². The van der Waals surface area contributed by atoms with Crippen LogP contribution >= 0.6 is 0 Å². The van der Waals surface area contributed by atoms with Crippen LogP contribution in [0.15, 0.2) is 52.1 Å². The van der Waals surface area contributed by atoms with Crippen molar-refractivity contribution in [2.45, 2.75) is 233 Å². The minimum absolute atomic E-state index is 0.379. The van der Waals surface area contributed by atoms with Gasteiger partial charge in [-0.05, 0) is 230 Å². The van der Waals surface area contributed by atoms with Gasteiger partial charge in [-0.3, -0.25) is 4.99 Å². The van der Waals surface area contributed by atoms with Crippen LogP contribution < -0.4 is 11.5 Å². The first kappa shape index (κ1) is 52.5. The average Bonchev–Trinajstić information content (AvgIpc) is 3.36. The molecule has 3 fully saturated rings. The summed E-state index contributed by atoms with van der Waals surface area (Å²) in [4.78, 5) is 4.90. The van der Waals surface area contributed by atoms with Gasteiger partial charge in [-0.1, -0.05) is 133 Å². The third kappa shape index (κ3) is 13.4. The molecule has 11 unspecified atom stereocenters. The molecule has 8 aliphatic rings. The van der Waals surface area contributed by atoms with Gasteiger partial charge in [0, 0.05) is 36.3 Å². The Labute approximate surface area is 419 Å². The van der Waals surface area contributed by atoms with Crippen LogP contribution in [0.1, 0.15) is 227 Å². The summed E-state index contributed by atoms with van der Waals surface area (Å²) in [5.41, 5.74) is 21.0. The summed E-state index contributed by atoms with van der Waals surface area (Å²) in [6.07, 6.45) is 53.3. The van der Waals surface area contributed by atoms with Crippen molar-refractivity contribution >= 4 is 11.4 Å². The van der Waals surface area contributed by atoms with Crippen molar-refractivity contribution < 1.29 is 0 Å². The molecule has 1 aliphatic heterocycles. The second-order valence-corrected chi connectivity index (χ2v) is 25.7. The highest BCUT2D eigenvalue weighted by molar-refractivity contribution is 5.90. The molecule has 0 aromatic carbocycles. The number of aliphatic imine (C=N–C) groups is 1. The predicted octanol–water partition coefficient (Wildman–Crippen LogP) is 16.8. The minimum atomic E-state index is 0.379. The monoisotopic (exact) mass is 931 g/mol. The van der Waals surface area contributed by atoms with Gasteiger partial charge in [-0.2, -0.15) is 0 Å². The molecule has 8 rings (SSSR count). The van der Waals surface area contributed by atoms with E-state index in [1.807, 2.05) is 11.1 Å². The maximum atomic E-state index is 9.80. The lowest BCUT2D eigenvalue weighted by Gasteiger charge is -2.44. The fraction of sp³-hybridized carbons (Fsp3) is 0.844. The highest BCUT2D eigenvalue weighted by Crippen LogP contribution is 2.51. The number of hydrogen-bond donors (Lipinski definition) is 3. The highest BCUT2D eigenvalue weighted by atomic mass is 14.8. The summed E-state index contributed by atoms with van der Waals surface area (Å²) in [5.74, 6) is 11.5. The van der Waals surface area contributed by atoms with Crippen molar-refractivity contribution in [1.29, 1.82) is 5.41 Å². The Morgan fingerprint density at radius 2 is 1.41 bits per heavy atom. The van der Waals surface area contributed by atoms with Gasteiger partial charge in [-0.25, -0.2) is 0 Å². The molecular formula is C64H106N4. The molecule has 0 aromatic heterocycles. The SMILES string of the molecule is CCCC[C@H](CC)C1C=C(C2CCCC(C(N)CCC)C2)C[C@@H](C2C=CCC(C(=N)C[C@H](C)C3=CC([C@@H]4CC([C@@H]5CCCC(C(C)CCN)C5)=C[C@H](C5CCCC(C6=NCC6)C5)C4)CCC3)C2)C1. The second kappa shape index (κ2) is 25.7. The van der Waals surface area contributed by atoms with Crippen LogP contribution in [0, 0.1) is 100 Å². The molecule has 382 valence electrons. The molecule has 0 saturated heterocycles. The summed E-state index contributed by atoms with van der Waals surface area (Å²) in [6.45, 7) is 14.1. The largest absolute Gasteiger partial charge is 0.330 e.